The van der Waals surface area contributed by atoms with Crippen molar-refractivity contribution in [2.75, 3.05) is 6.61 Å². The Balaban J connectivity index is 2.88. The maximum absolute atomic E-state index is 9.96. The van der Waals surface area contributed by atoms with Crippen molar-refractivity contribution in [1.29, 1.82) is 0 Å². The lowest BCUT2D eigenvalue weighted by molar-refractivity contribution is -0.155. The van der Waals surface area contributed by atoms with Gasteiger partial charge in [-0.3, -0.25) is 0 Å². The van der Waals surface area contributed by atoms with Gasteiger partial charge in [-0.25, -0.2) is 0 Å². The first-order chi connectivity index (χ1) is 9.94. The van der Waals surface area contributed by atoms with E-state index >= 15 is 0 Å². The summed E-state index contributed by atoms with van der Waals surface area (Å²) in [5.41, 5.74) is 1.61. The lowest BCUT2D eigenvalue weighted by Gasteiger charge is -2.43. The number of aliphatic hydroxyl groups excluding tert-OH is 1. The van der Waals surface area contributed by atoms with Gasteiger partial charge in [0.25, 0.3) is 0 Å². The average molecular weight is 333 g/mol. The van der Waals surface area contributed by atoms with Gasteiger partial charge in [-0.2, -0.15) is 0 Å². The number of aliphatic hydroxyl groups is 1. The Kier molecular flexibility index (Phi) is 6.67. The van der Waals surface area contributed by atoms with E-state index in [1.54, 1.807) is 6.92 Å². The molecule has 22 heavy (non-hydrogen) atoms. The molecule has 1 aliphatic rings. The minimum Gasteiger partial charge on any atom is -0.413 e. The number of ether oxygens (including phenoxy) is 2. The molecule has 1 aliphatic heterocycles. The highest BCUT2D eigenvalue weighted by Gasteiger charge is 2.48. The SMILES string of the molecule is CC(O)[C@H]1OC(C)(C)O[C@H]1CO[Si](C(C)C)(C(C)C)C(C)C. The summed E-state index contributed by atoms with van der Waals surface area (Å²) in [6.07, 6.45) is -1.10. The van der Waals surface area contributed by atoms with Gasteiger partial charge in [-0.1, -0.05) is 41.5 Å². The standard InChI is InChI=1S/C17H36O4Si/c1-11(2)22(12(3)4,13(5)6)19-10-15-16(14(7)18)21-17(8,9)20-15/h11-16,18H,10H2,1-9H3/t14?,15-,16+/m0/s1. The summed E-state index contributed by atoms with van der Waals surface area (Å²) >= 11 is 0. The second kappa shape index (κ2) is 7.30. The van der Waals surface area contributed by atoms with Gasteiger partial charge in [0.05, 0.1) is 12.7 Å². The summed E-state index contributed by atoms with van der Waals surface area (Å²) in [6, 6.07) is 0. The second-order valence-corrected chi connectivity index (χ2v) is 13.5. The van der Waals surface area contributed by atoms with Crippen molar-refractivity contribution >= 4 is 8.32 Å². The first kappa shape index (κ1) is 20.1. The quantitative estimate of drug-likeness (QED) is 0.714. The highest BCUT2D eigenvalue weighted by atomic mass is 28.4. The van der Waals surface area contributed by atoms with Crippen LogP contribution in [0.3, 0.4) is 0 Å². The van der Waals surface area contributed by atoms with Gasteiger partial charge in [0.1, 0.15) is 12.2 Å². The summed E-state index contributed by atoms with van der Waals surface area (Å²) in [5, 5.41) is 9.96. The molecule has 1 unspecified atom stereocenters. The molecule has 0 spiro atoms. The second-order valence-electron chi connectivity index (χ2n) is 8.01. The van der Waals surface area contributed by atoms with E-state index in [-0.39, 0.29) is 12.2 Å². The van der Waals surface area contributed by atoms with Crippen LogP contribution in [0, 0.1) is 0 Å². The minimum absolute atomic E-state index is 0.210. The van der Waals surface area contributed by atoms with Crippen LogP contribution in [-0.2, 0) is 13.9 Å². The molecule has 1 saturated heterocycles. The summed E-state index contributed by atoms with van der Waals surface area (Å²) < 4.78 is 18.4. The van der Waals surface area contributed by atoms with E-state index in [9.17, 15) is 5.11 Å². The molecule has 0 bridgehead atoms. The van der Waals surface area contributed by atoms with Crippen LogP contribution in [0.2, 0.25) is 16.6 Å². The van der Waals surface area contributed by atoms with Crippen LogP contribution >= 0.6 is 0 Å². The first-order valence-corrected chi connectivity index (χ1v) is 10.8. The van der Waals surface area contributed by atoms with E-state index in [0.29, 0.717) is 23.2 Å². The maximum Gasteiger partial charge on any atom is 0.200 e. The molecule has 0 amide bonds. The van der Waals surface area contributed by atoms with E-state index in [0.717, 1.165) is 0 Å². The molecule has 1 N–H and O–H groups in total. The van der Waals surface area contributed by atoms with Gasteiger partial charge in [0.15, 0.2) is 14.1 Å². The molecule has 0 saturated carbocycles. The molecular weight excluding hydrogens is 296 g/mol. The smallest absolute Gasteiger partial charge is 0.200 e. The van der Waals surface area contributed by atoms with Crippen LogP contribution in [0.15, 0.2) is 0 Å². The highest BCUT2D eigenvalue weighted by Crippen LogP contribution is 2.43. The van der Waals surface area contributed by atoms with Crippen LogP contribution in [-0.4, -0.2) is 44.1 Å². The molecule has 1 rings (SSSR count). The topological polar surface area (TPSA) is 47.9 Å². The Hall–Kier alpha value is 0.0569. The van der Waals surface area contributed by atoms with Crippen LogP contribution in [0.5, 0.6) is 0 Å². The van der Waals surface area contributed by atoms with Crippen molar-refractivity contribution in [2.45, 2.75) is 103 Å². The van der Waals surface area contributed by atoms with Crippen molar-refractivity contribution in [3.63, 3.8) is 0 Å². The Labute approximate surface area is 137 Å². The molecule has 3 atom stereocenters. The summed E-state index contributed by atoms with van der Waals surface area (Å²) in [6.45, 7) is 19.7. The third kappa shape index (κ3) is 4.12. The number of rotatable bonds is 7. The fraction of sp³-hybridized carbons (Fsp3) is 1.00. The van der Waals surface area contributed by atoms with Crippen molar-refractivity contribution in [3.8, 4) is 0 Å². The molecule has 0 aromatic carbocycles. The van der Waals surface area contributed by atoms with Crippen molar-refractivity contribution in [3.05, 3.63) is 0 Å². The van der Waals surface area contributed by atoms with Crippen LogP contribution in [0.4, 0.5) is 0 Å². The molecule has 1 heterocycles. The van der Waals surface area contributed by atoms with Gasteiger partial charge in [-0.15, -0.1) is 0 Å². The van der Waals surface area contributed by atoms with Crippen molar-refractivity contribution in [2.24, 2.45) is 0 Å². The zero-order valence-corrected chi connectivity index (χ0v) is 16.8. The van der Waals surface area contributed by atoms with Crippen LogP contribution in [0.25, 0.3) is 0 Å². The molecule has 4 nitrogen and oxygen atoms in total. The van der Waals surface area contributed by atoms with E-state index in [1.807, 2.05) is 13.8 Å². The third-order valence-electron chi connectivity index (χ3n) is 4.90. The molecule has 0 aromatic heterocycles. The summed E-state index contributed by atoms with van der Waals surface area (Å²) in [4.78, 5) is 0. The average Bonchev–Trinajstić information content (AvgIpc) is 2.64. The van der Waals surface area contributed by atoms with Crippen LogP contribution < -0.4 is 0 Å². The molecular formula is C17H36O4Si. The lowest BCUT2D eigenvalue weighted by atomic mass is 10.1. The zero-order chi connectivity index (χ0) is 17.3. The third-order valence-corrected chi connectivity index (χ3v) is 11.0. The monoisotopic (exact) mass is 332 g/mol. The predicted octanol–water partition coefficient (Wildman–Crippen LogP) is 4.08. The van der Waals surface area contributed by atoms with Gasteiger partial charge in [0.2, 0.25) is 0 Å². The first-order valence-electron chi connectivity index (χ1n) is 8.61. The highest BCUT2D eigenvalue weighted by molar-refractivity contribution is 6.77. The molecule has 0 radical (unpaired) electrons. The Bertz CT molecular complexity index is 331. The largest absolute Gasteiger partial charge is 0.413 e. The normalized spacial score (nSPS) is 27.1. The van der Waals surface area contributed by atoms with Crippen molar-refractivity contribution < 1.29 is 19.0 Å². The maximum atomic E-state index is 9.96. The Morgan fingerprint density at radius 3 is 1.77 bits per heavy atom. The van der Waals surface area contributed by atoms with Gasteiger partial charge in [0, 0.05) is 0 Å². The van der Waals surface area contributed by atoms with E-state index in [1.165, 1.54) is 0 Å². The van der Waals surface area contributed by atoms with E-state index < -0.39 is 20.2 Å². The van der Waals surface area contributed by atoms with E-state index in [2.05, 4.69) is 41.5 Å². The molecule has 132 valence electrons. The summed E-state index contributed by atoms with van der Waals surface area (Å²) in [7, 11) is -1.92. The predicted molar refractivity (Wildman–Crippen MR) is 92.5 cm³/mol. The number of hydrogen-bond acceptors (Lipinski definition) is 4. The Morgan fingerprint density at radius 1 is 0.955 bits per heavy atom. The Morgan fingerprint density at radius 2 is 1.41 bits per heavy atom. The van der Waals surface area contributed by atoms with Crippen LogP contribution in [0.1, 0.15) is 62.3 Å². The van der Waals surface area contributed by atoms with Crippen molar-refractivity contribution in [1.82, 2.24) is 0 Å². The molecule has 0 aliphatic carbocycles. The van der Waals surface area contributed by atoms with Gasteiger partial charge >= 0.3 is 0 Å². The summed E-state index contributed by atoms with van der Waals surface area (Å²) in [5.74, 6) is -0.659. The fourth-order valence-electron chi connectivity index (χ4n) is 4.13. The van der Waals surface area contributed by atoms with Gasteiger partial charge < -0.3 is 19.0 Å². The fourth-order valence-corrected chi connectivity index (χ4v) is 9.58. The van der Waals surface area contributed by atoms with Gasteiger partial charge in [-0.05, 0) is 37.4 Å². The molecule has 5 heteroatoms. The number of hydrogen-bond donors (Lipinski definition) is 1. The lowest BCUT2D eigenvalue weighted by Crippen LogP contribution is -2.50. The molecule has 1 fully saturated rings. The molecule has 0 aromatic rings. The minimum atomic E-state index is -1.92. The zero-order valence-electron chi connectivity index (χ0n) is 15.8. The van der Waals surface area contributed by atoms with E-state index in [4.69, 9.17) is 13.9 Å².